The number of rotatable bonds is 4. The lowest BCUT2D eigenvalue weighted by Gasteiger charge is -2.26. The molecule has 116 valence electrons. The molecule has 1 amide bonds. The van der Waals surface area contributed by atoms with Crippen molar-refractivity contribution in [2.75, 3.05) is 26.3 Å². The van der Waals surface area contributed by atoms with Gasteiger partial charge in [-0.05, 0) is 12.1 Å². The Bertz CT molecular complexity index is 676. The molecule has 1 saturated heterocycles. The highest BCUT2D eigenvalue weighted by atomic mass is 16.5. The Morgan fingerprint density at radius 1 is 1.27 bits per heavy atom. The number of fused-ring (bicyclic) bond motifs is 1. The van der Waals surface area contributed by atoms with Crippen LogP contribution in [0.3, 0.4) is 0 Å². The smallest absolute Gasteiger partial charge is 0.311 e. The van der Waals surface area contributed by atoms with Gasteiger partial charge in [0, 0.05) is 19.5 Å². The van der Waals surface area contributed by atoms with Crippen molar-refractivity contribution in [3.63, 3.8) is 0 Å². The number of nitrogens with zero attached hydrogens (tertiary/aromatic N) is 2. The van der Waals surface area contributed by atoms with Crippen LogP contribution in [-0.2, 0) is 14.3 Å². The minimum absolute atomic E-state index is 0.0400. The number of benzene rings is 1. The van der Waals surface area contributed by atoms with Crippen molar-refractivity contribution in [2.24, 2.45) is 0 Å². The van der Waals surface area contributed by atoms with E-state index in [-0.39, 0.29) is 18.7 Å². The summed E-state index contributed by atoms with van der Waals surface area (Å²) in [4.78, 5) is 25.6. The Balaban J connectivity index is 1.54. The minimum atomic E-state index is -0.421. The fraction of sp³-hybridized carbons (Fsp3) is 0.400. The van der Waals surface area contributed by atoms with Crippen molar-refractivity contribution in [2.45, 2.75) is 12.8 Å². The Kier molecular flexibility index (Phi) is 4.34. The Labute approximate surface area is 127 Å². The second-order valence-electron chi connectivity index (χ2n) is 5.05. The molecule has 2 heterocycles. The number of carbonyl (C=O) groups is 2. The van der Waals surface area contributed by atoms with E-state index in [1.807, 2.05) is 6.07 Å². The zero-order valence-electron chi connectivity index (χ0n) is 12.1. The number of esters is 1. The van der Waals surface area contributed by atoms with Crippen molar-refractivity contribution >= 4 is 22.8 Å². The molecule has 0 unspecified atom stereocenters. The van der Waals surface area contributed by atoms with Gasteiger partial charge in [-0.2, -0.15) is 5.10 Å². The van der Waals surface area contributed by atoms with Crippen LogP contribution >= 0.6 is 0 Å². The van der Waals surface area contributed by atoms with Gasteiger partial charge >= 0.3 is 5.97 Å². The monoisotopic (exact) mass is 303 g/mol. The number of carbonyl (C=O) groups excluding carboxylic acids is 2. The van der Waals surface area contributed by atoms with E-state index >= 15 is 0 Å². The highest BCUT2D eigenvalue weighted by molar-refractivity contribution is 5.88. The van der Waals surface area contributed by atoms with Crippen molar-refractivity contribution < 1.29 is 19.1 Å². The van der Waals surface area contributed by atoms with Crippen LogP contribution in [0.4, 0.5) is 0 Å². The predicted molar refractivity (Wildman–Crippen MR) is 78.4 cm³/mol. The first-order valence-electron chi connectivity index (χ1n) is 7.22. The maximum Gasteiger partial charge on any atom is 0.311 e. The number of ether oxygens (including phenoxy) is 2. The van der Waals surface area contributed by atoms with Crippen molar-refractivity contribution in [3.05, 3.63) is 24.4 Å². The summed E-state index contributed by atoms with van der Waals surface area (Å²) in [6, 6.07) is 5.34. The van der Waals surface area contributed by atoms with Gasteiger partial charge < -0.3 is 14.4 Å². The number of hydrogen-bond donors (Lipinski definition) is 1. The van der Waals surface area contributed by atoms with Gasteiger partial charge in [0.2, 0.25) is 5.91 Å². The molecule has 0 saturated carbocycles. The summed E-state index contributed by atoms with van der Waals surface area (Å²) >= 11 is 0. The third kappa shape index (κ3) is 3.25. The predicted octanol–water partition coefficient (Wildman–Crippen LogP) is 1.11. The second kappa shape index (κ2) is 6.57. The lowest BCUT2D eigenvalue weighted by Crippen LogP contribution is -2.40. The summed E-state index contributed by atoms with van der Waals surface area (Å²) in [5.74, 6) is -0.00727. The number of aromatic nitrogens is 2. The summed E-state index contributed by atoms with van der Waals surface area (Å²) in [6.45, 7) is 2.28. The molecule has 1 aromatic carbocycles. The van der Waals surface area contributed by atoms with E-state index in [2.05, 4.69) is 10.2 Å². The number of aromatic amines is 1. The largest absolute Gasteiger partial charge is 0.426 e. The zero-order chi connectivity index (χ0) is 15.4. The Hall–Kier alpha value is -2.41. The average molecular weight is 303 g/mol. The van der Waals surface area contributed by atoms with Gasteiger partial charge in [-0.25, -0.2) is 0 Å². The van der Waals surface area contributed by atoms with Gasteiger partial charge in [0.25, 0.3) is 0 Å². The van der Waals surface area contributed by atoms with Crippen molar-refractivity contribution in [1.82, 2.24) is 15.1 Å². The van der Waals surface area contributed by atoms with Crippen LogP contribution in [0.1, 0.15) is 12.8 Å². The van der Waals surface area contributed by atoms with Crippen LogP contribution in [0, 0.1) is 0 Å². The van der Waals surface area contributed by atoms with E-state index < -0.39 is 5.97 Å². The first-order valence-corrected chi connectivity index (χ1v) is 7.22. The molecule has 1 N–H and O–H groups in total. The molecule has 2 aromatic rings. The number of nitrogens with one attached hydrogen (secondary N) is 1. The van der Waals surface area contributed by atoms with Gasteiger partial charge in [0.1, 0.15) is 5.75 Å². The maximum absolute atomic E-state index is 12.0. The van der Waals surface area contributed by atoms with Gasteiger partial charge in [0.05, 0.1) is 36.7 Å². The van der Waals surface area contributed by atoms with Gasteiger partial charge in [0.15, 0.2) is 0 Å². The molecule has 0 bridgehead atoms. The van der Waals surface area contributed by atoms with E-state index in [0.717, 1.165) is 10.9 Å². The topological polar surface area (TPSA) is 84.5 Å². The molecule has 0 atom stereocenters. The highest BCUT2D eigenvalue weighted by Gasteiger charge is 2.18. The third-order valence-electron chi connectivity index (χ3n) is 3.58. The number of morpholine rings is 1. The molecule has 7 nitrogen and oxygen atoms in total. The van der Waals surface area contributed by atoms with E-state index in [1.165, 1.54) is 0 Å². The fourth-order valence-corrected chi connectivity index (χ4v) is 2.38. The Morgan fingerprint density at radius 3 is 2.91 bits per heavy atom. The maximum atomic E-state index is 12.0. The second-order valence-corrected chi connectivity index (χ2v) is 5.05. The fourth-order valence-electron chi connectivity index (χ4n) is 2.38. The standard InChI is InChI=1S/C15H17N3O4/c19-14(18-6-8-21-9-7-18)4-5-15(20)22-13-3-1-2-12-11(13)10-16-17-12/h1-3,10H,4-9H2,(H,16,17). The van der Waals surface area contributed by atoms with E-state index in [1.54, 1.807) is 23.2 Å². The molecule has 1 aromatic heterocycles. The number of H-pyrrole nitrogens is 1. The molecule has 1 aliphatic heterocycles. The molecule has 1 aliphatic rings. The highest BCUT2D eigenvalue weighted by Crippen LogP contribution is 2.23. The summed E-state index contributed by atoms with van der Waals surface area (Å²) < 4.78 is 10.5. The van der Waals surface area contributed by atoms with E-state index in [0.29, 0.717) is 32.1 Å². The molecule has 3 rings (SSSR count). The average Bonchev–Trinajstić information content (AvgIpc) is 3.03. The van der Waals surface area contributed by atoms with Crippen LogP contribution in [0.5, 0.6) is 5.75 Å². The quantitative estimate of drug-likeness (QED) is 0.675. The van der Waals surface area contributed by atoms with E-state index in [9.17, 15) is 9.59 Å². The van der Waals surface area contributed by atoms with Crippen LogP contribution in [0.2, 0.25) is 0 Å². The molecule has 0 spiro atoms. The normalized spacial score (nSPS) is 15.0. The summed E-state index contributed by atoms with van der Waals surface area (Å²) in [7, 11) is 0. The van der Waals surface area contributed by atoms with Gasteiger partial charge in [-0.3, -0.25) is 14.7 Å². The molecule has 0 aliphatic carbocycles. The molecule has 1 fully saturated rings. The SMILES string of the molecule is O=C(CCC(=O)N1CCOCC1)Oc1cccc2[nH]ncc12. The number of amides is 1. The van der Waals surface area contributed by atoms with Crippen LogP contribution in [0.15, 0.2) is 24.4 Å². The summed E-state index contributed by atoms with van der Waals surface area (Å²) in [6.07, 6.45) is 1.82. The lowest BCUT2D eigenvalue weighted by molar-refractivity contribution is -0.140. The molecular formula is C15H17N3O4. The van der Waals surface area contributed by atoms with Gasteiger partial charge in [-0.15, -0.1) is 0 Å². The first kappa shape index (κ1) is 14.5. The Morgan fingerprint density at radius 2 is 2.09 bits per heavy atom. The molecular weight excluding hydrogens is 286 g/mol. The minimum Gasteiger partial charge on any atom is -0.426 e. The first-order chi connectivity index (χ1) is 10.7. The van der Waals surface area contributed by atoms with Gasteiger partial charge in [-0.1, -0.05) is 6.07 Å². The summed E-state index contributed by atoms with van der Waals surface area (Å²) in [5, 5.41) is 7.47. The molecule has 22 heavy (non-hydrogen) atoms. The zero-order valence-corrected chi connectivity index (χ0v) is 12.1. The lowest BCUT2D eigenvalue weighted by atomic mass is 10.2. The third-order valence-corrected chi connectivity index (χ3v) is 3.58. The van der Waals surface area contributed by atoms with Crippen molar-refractivity contribution in [3.8, 4) is 5.75 Å². The van der Waals surface area contributed by atoms with Crippen LogP contribution < -0.4 is 4.74 Å². The summed E-state index contributed by atoms with van der Waals surface area (Å²) in [5.41, 5.74) is 0.801. The molecule has 0 radical (unpaired) electrons. The number of hydrogen-bond acceptors (Lipinski definition) is 5. The van der Waals surface area contributed by atoms with Crippen LogP contribution in [0.25, 0.3) is 10.9 Å². The molecule has 7 heteroatoms. The van der Waals surface area contributed by atoms with E-state index in [4.69, 9.17) is 9.47 Å². The van der Waals surface area contributed by atoms with Crippen LogP contribution in [-0.4, -0.2) is 53.3 Å². The van der Waals surface area contributed by atoms with Crippen molar-refractivity contribution in [1.29, 1.82) is 0 Å².